The van der Waals surface area contributed by atoms with Gasteiger partial charge in [-0.2, -0.15) is 0 Å². The van der Waals surface area contributed by atoms with E-state index < -0.39 is 5.72 Å². The standard InChI is InChI=1S/C32H49NO3/c1-21(2)11-13-31(7)18-27-19-32(33,36-31)14-12-23(4)15-22(3)9-8-10-26-20-34-29-17-24(5)16-28(30(26)29)25(6)35-27/h8-10,12,16,21-22,27-30H,6,11,13-15,17-20,33H2,1-5,7H3/b9-8+,23-12+,26-10+. The first-order chi connectivity index (χ1) is 17.0. The van der Waals surface area contributed by atoms with Gasteiger partial charge in [0.1, 0.15) is 11.8 Å². The molecule has 7 atom stereocenters. The van der Waals surface area contributed by atoms with Crippen LogP contribution in [0.4, 0.5) is 0 Å². The van der Waals surface area contributed by atoms with E-state index in [4.69, 9.17) is 19.9 Å². The lowest BCUT2D eigenvalue weighted by atomic mass is 9.75. The first kappa shape index (κ1) is 27.4. The normalized spacial score (nSPS) is 43.5. The molecule has 0 radical (unpaired) electrons. The first-order valence-electron chi connectivity index (χ1n) is 14.1. The van der Waals surface area contributed by atoms with Crippen molar-refractivity contribution in [3.05, 3.63) is 59.4 Å². The number of hydrogen-bond acceptors (Lipinski definition) is 4. The SMILES string of the molecule is C=C1OC2CC(C)(CCC(C)C)OC(N)(C/C=C(\C)CC(C)/C=C/C=C3\COC4CC(C)=CC1C34)C2. The Morgan fingerprint density at radius 1 is 1.17 bits per heavy atom. The van der Waals surface area contributed by atoms with E-state index in [1.807, 2.05) is 0 Å². The van der Waals surface area contributed by atoms with E-state index in [0.29, 0.717) is 31.3 Å². The van der Waals surface area contributed by atoms with E-state index >= 15 is 0 Å². The van der Waals surface area contributed by atoms with Crippen LogP contribution in [0.2, 0.25) is 0 Å². The van der Waals surface area contributed by atoms with Crippen LogP contribution in [0.5, 0.6) is 0 Å². The van der Waals surface area contributed by atoms with Crippen molar-refractivity contribution in [2.45, 2.75) is 110 Å². The minimum atomic E-state index is -0.741. The highest BCUT2D eigenvalue weighted by Gasteiger charge is 2.47. The third-order valence-corrected chi connectivity index (χ3v) is 8.48. The smallest absolute Gasteiger partial charge is 0.124 e. The number of ether oxygens (including phenoxy) is 3. The molecule has 3 aliphatic heterocycles. The third kappa shape index (κ3) is 6.62. The Kier molecular flexibility index (Phi) is 8.38. The molecule has 4 heteroatoms. The Morgan fingerprint density at radius 3 is 2.69 bits per heavy atom. The van der Waals surface area contributed by atoms with Gasteiger partial charge in [0.15, 0.2) is 0 Å². The minimum Gasteiger partial charge on any atom is -0.494 e. The van der Waals surface area contributed by atoms with E-state index in [0.717, 1.165) is 37.9 Å². The van der Waals surface area contributed by atoms with Gasteiger partial charge in [0.05, 0.1) is 24.1 Å². The van der Waals surface area contributed by atoms with Gasteiger partial charge in [0, 0.05) is 31.1 Å². The maximum atomic E-state index is 7.01. The number of allylic oxidation sites excluding steroid dienone is 5. The Balaban J connectivity index is 1.68. The summed E-state index contributed by atoms with van der Waals surface area (Å²) in [5, 5.41) is 0. The van der Waals surface area contributed by atoms with Gasteiger partial charge in [0.25, 0.3) is 0 Å². The molecule has 4 aliphatic rings. The van der Waals surface area contributed by atoms with Crippen LogP contribution < -0.4 is 5.73 Å². The molecule has 36 heavy (non-hydrogen) atoms. The van der Waals surface area contributed by atoms with Crippen molar-refractivity contribution in [2.75, 3.05) is 6.61 Å². The van der Waals surface area contributed by atoms with Gasteiger partial charge >= 0.3 is 0 Å². The summed E-state index contributed by atoms with van der Waals surface area (Å²) in [6.07, 6.45) is 17.9. The molecule has 0 amide bonds. The summed E-state index contributed by atoms with van der Waals surface area (Å²) in [5.41, 5.74) is 10.0. The zero-order valence-corrected chi connectivity index (χ0v) is 23.5. The summed E-state index contributed by atoms with van der Waals surface area (Å²) in [6, 6.07) is 0. The maximum Gasteiger partial charge on any atom is 0.124 e. The van der Waals surface area contributed by atoms with Crippen LogP contribution in [0.25, 0.3) is 0 Å². The molecule has 7 unspecified atom stereocenters. The second-order valence-corrected chi connectivity index (χ2v) is 12.8. The Morgan fingerprint density at radius 2 is 1.94 bits per heavy atom. The van der Waals surface area contributed by atoms with E-state index in [2.05, 4.69) is 78.5 Å². The molecule has 200 valence electrons. The zero-order chi connectivity index (χ0) is 26.1. The van der Waals surface area contributed by atoms with Gasteiger partial charge in [-0.05, 0) is 63.9 Å². The quantitative estimate of drug-likeness (QED) is 0.415. The van der Waals surface area contributed by atoms with Gasteiger partial charge in [-0.3, -0.25) is 0 Å². The molecule has 0 aromatic heterocycles. The minimum absolute atomic E-state index is 0.0160. The van der Waals surface area contributed by atoms with Crippen LogP contribution in [-0.4, -0.2) is 30.1 Å². The highest BCUT2D eigenvalue weighted by molar-refractivity contribution is 5.30. The van der Waals surface area contributed by atoms with E-state index in [1.54, 1.807) is 0 Å². The average molecular weight is 496 g/mol. The van der Waals surface area contributed by atoms with Gasteiger partial charge < -0.3 is 19.9 Å². The maximum absolute atomic E-state index is 7.01. The molecule has 0 aromatic carbocycles. The summed E-state index contributed by atoms with van der Waals surface area (Å²) in [6.45, 7) is 18.6. The van der Waals surface area contributed by atoms with Crippen molar-refractivity contribution in [3.8, 4) is 0 Å². The first-order valence-corrected chi connectivity index (χ1v) is 14.1. The number of nitrogens with two attached hydrogens (primary N) is 1. The summed E-state index contributed by atoms with van der Waals surface area (Å²) in [4.78, 5) is 0. The van der Waals surface area contributed by atoms with Crippen molar-refractivity contribution in [3.63, 3.8) is 0 Å². The molecule has 4 rings (SSSR count). The fourth-order valence-electron chi connectivity index (χ4n) is 6.67. The molecule has 4 nitrogen and oxygen atoms in total. The summed E-state index contributed by atoms with van der Waals surface area (Å²) < 4.78 is 19.8. The fourth-order valence-corrected chi connectivity index (χ4v) is 6.67. The molecule has 0 saturated carbocycles. The molecular formula is C32H49NO3. The van der Waals surface area contributed by atoms with Crippen molar-refractivity contribution in [1.29, 1.82) is 0 Å². The largest absolute Gasteiger partial charge is 0.494 e. The highest BCUT2D eigenvalue weighted by atomic mass is 16.5. The number of hydrogen-bond donors (Lipinski definition) is 1. The molecular weight excluding hydrogens is 446 g/mol. The molecule has 2 bridgehead atoms. The van der Waals surface area contributed by atoms with Crippen LogP contribution in [-0.2, 0) is 14.2 Å². The van der Waals surface area contributed by atoms with Crippen LogP contribution in [0.1, 0.15) is 86.5 Å². The number of rotatable bonds is 3. The topological polar surface area (TPSA) is 53.7 Å². The molecule has 3 heterocycles. The summed E-state index contributed by atoms with van der Waals surface area (Å²) >= 11 is 0. The van der Waals surface area contributed by atoms with Crippen LogP contribution in [0.15, 0.2) is 59.4 Å². The monoisotopic (exact) mass is 495 g/mol. The lowest BCUT2D eigenvalue weighted by Crippen LogP contribution is -2.57. The number of fused-ring (bicyclic) bond motifs is 2. The molecule has 2 fully saturated rings. The average Bonchev–Trinajstić information content (AvgIpc) is 3.17. The lowest BCUT2D eigenvalue weighted by molar-refractivity contribution is -0.214. The van der Waals surface area contributed by atoms with E-state index in [1.165, 1.54) is 16.7 Å². The molecule has 1 aliphatic carbocycles. The third-order valence-electron chi connectivity index (χ3n) is 8.48. The molecule has 2 saturated heterocycles. The van der Waals surface area contributed by atoms with E-state index in [-0.39, 0.29) is 29.6 Å². The van der Waals surface area contributed by atoms with Crippen LogP contribution in [0.3, 0.4) is 0 Å². The Hall–Kier alpha value is -1.62. The summed E-state index contributed by atoms with van der Waals surface area (Å²) in [7, 11) is 0. The summed E-state index contributed by atoms with van der Waals surface area (Å²) in [5.74, 6) is 2.32. The molecule has 2 N–H and O–H groups in total. The second-order valence-electron chi connectivity index (χ2n) is 12.8. The highest BCUT2D eigenvalue weighted by Crippen LogP contribution is 2.46. The van der Waals surface area contributed by atoms with Crippen LogP contribution >= 0.6 is 0 Å². The second kappa shape index (κ2) is 11.0. The van der Waals surface area contributed by atoms with Crippen LogP contribution in [0, 0.1) is 23.7 Å². The Bertz CT molecular complexity index is 943. The van der Waals surface area contributed by atoms with Crippen molar-refractivity contribution in [1.82, 2.24) is 0 Å². The Labute approximate surface area is 219 Å². The zero-order valence-electron chi connectivity index (χ0n) is 23.5. The lowest BCUT2D eigenvalue weighted by Gasteiger charge is -2.48. The van der Waals surface area contributed by atoms with Crippen molar-refractivity contribution < 1.29 is 14.2 Å². The van der Waals surface area contributed by atoms with Gasteiger partial charge in [-0.15, -0.1) is 0 Å². The van der Waals surface area contributed by atoms with Gasteiger partial charge in [-0.1, -0.05) is 68.9 Å². The predicted octanol–water partition coefficient (Wildman–Crippen LogP) is 7.39. The fraction of sp³-hybridized carbons (Fsp3) is 0.688. The molecule has 0 aromatic rings. The molecule has 0 spiro atoms. The van der Waals surface area contributed by atoms with E-state index in [9.17, 15) is 0 Å². The predicted molar refractivity (Wildman–Crippen MR) is 148 cm³/mol. The van der Waals surface area contributed by atoms with Gasteiger partial charge in [-0.25, -0.2) is 0 Å². The van der Waals surface area contributed by atoms with Crippen molar-refractivity contribution >= 4 is 0 Å². The van der Waals surface area contributed by atoms with Crippen molar-refractivity contribution in [2.24, 2.45) is 29.4 Å². The van der Waals surface area contributed by atoms with Gasteiger partial charge in [0.2, 0.25) is 0 Å².